The van der Waals surface area contributed by atoms with Crippen LogP contribution in [0.3, 0.4) is 0 Å². The molecule has 0 amide bonds. The monoisotopic (exact) mass is 881 g/mol. The molecule has 11 rings (SSSR count). The summed E-state index contributed by atoms with van der Waals surface area (Å²) in [5, 5.41) is 4.58. The maximum atomic E-state index is 13.4. The first-order valence-corrected chi connectivity index (χ1v) is 21.3. The lowest BCUT2D eigenvalue weighted by Crippen LogP contribution is -2.00. The number of benzene rings is 9. The number of hydrogen-bond donors (Lipinski definition) is 0. The Hall–Kier alpha value is -7.02. The van der Waals surface area contributed by atoms with E-state index in [0.29, 0.717) is 11.0 Å². The highest BCUT2D eigenvalue weighted by Gasteiger charge is 2.19. The molecule has 11 aromatic rings. The zero-order valence-electron chi connectivity index (χ0n) is 32.5. The first kappa shape index (κ1) is 36.1. The van der Waals surface area contributed by atoms with Crippen LogP contribution in [0.5, 0.6) is 0 Å². The van der Waals surface area contributed by atoms with Gasteiger partial charge < -0.3 is 8.98 Å². The largest absolute Gasteiger partial charge is 0.422 e. The van der Waals surface area contributed by atoms with Crippen LogP contribution in [0.25, 0.3) is 93.7 Å². The molecule has 0 fully saturated rings. The van der Waals surface area contributed by atoms with E-state index in [0.717, 1.165) is 61.4 Å². The van der Waals surface area contributed by atoms with Crippen LogP contribution in [-0.4, -0.2) is 4.57 Å². The minimum atomic E-state index is -0.332. The molecule has 0 bridgehead atoms. The summed E-state index contributed by atoms with van der Waals surface area (Å²) < 4.78 is 9.30. The van der Waals surface area contributed by atoms with E-state index in [4.69, 9.17) is 4.42 Å². The predicted molar refractivity (Wildman–Crippen MR) is 258 cm³/mol. The van der Waals surface area contributed by atoms with Crippen molar-refractivity contribution < 1.29 is 4.42 Å². The van der Waals surface area contributed by atoms with Gasteiger partial charge in [0.2, 0.25) is 0 Å². The molecule has 9 aromatic carbocycles. The highest BCUT2D eigenvalue weighted by molar-refractivity contribution is 14.1. The van der Waals surface area contributed by atoms with Crippen LogP contribution in [0, 0.1) is 3.57 Å². The van der Waals surface area contributed by atoms with Crippen LogP contribution in [-0.2, 0) is 6.42 Å². The van der Waals surface area contributed by atoms with Gasteiger partial charge in [0.1, 0.15) is 5.58 Å². The molecule has 2 aromatic heterocycles. The molecule has 0 aliphatic heterocycles. The van der Waals surface area contributed by atoms with Gasteiger partial charge in [-0.05, 0) is 145 Å². The Kier molecular flexibility index (Phi) is 9.01. The molecule has 284 valence electrons. The Morgan fingerprint density at radius 3 is 1.88 bits per heavy atom. The SMILES string of the molecule is O=c1oc2ccccc2c2cc3c4cc(-c5ccc(-c6ccc(Cc7ccccc7)c(-c7ccccc7I)c6)c(-c6ccccc6)c5)ccc4n(-c4ccccc4)c3cc12. The Morgan fingerprint density at radius 2 is 1.07 bits per heavy atom. The molecular formula is C56H36INO2. The van der Waals surface area contributed by atoms with Crippen LogP contribution in [0.15, 0.2) is 215 Å². The number of nitrogens with zero attached hydrogens (tertiary/aromatic N) is 1. The fourth-order valence-electron chi connectivity index (χ4n) is 8.90. The van der Waals surface area contributed by atoms with Crippen molar-refractivity contribution in [2.75, 3.05) is 0 Å². The average Bonchev–Trinajstić information content (AvgIpc) is 3.62. The zero-order valence-corrected chi connectivity index (χ0v) is 34.6. The van der Waals surface area contributed by atoms with Crippen molar-refractivity contribution >= 4 is 66.1 Å². The van der Waals surface area contributed by atoms with E-state index in [1.165, 1.54) is 42.5 Å². The third kappa shape index (κ3) is 6.32. The van der Waals surface area contributed by atoms with Gasteiger partial charge in [0.25, 0.3) is 0 Å². The van der Waals surface area contributed by atoms with Gasteiger partial charge in [-0.3, -0.25) is 0 Å². The summed E-state index contributed by atoms with van der Waals surface area (Å²) in [6, 6.07) is 73.1. The maximum absolute atomic E-state index is 13.4. The van der Waals surface area contributed by atoms with E-state index >= 15 is 0 Å². The second kappa shape index (κ2) is 15.0. The average molecular weight is 882 g/mol. The summed E-state index contributed by atoms with van der Waals surface area (Å²) in [6.07, 6.45) is 0.856. The van der Waals surface area contributed by atoms with E-state index in [2.05, 4.69) is 197 Å². The number of fused-ring (bicyclic) bond motifs is 6. The normalized spacial score (nSPS) is 11.6. The Bertz CT molecular complexity index is 3480. The highest BCUT2D eigenvalue weighted by atomic mass is 127. The topological polar surface area (TPSA) is 35.1 Å². The summed E-state index contributed by atoms with van der Waals surface area (Å²) in [7, 11) is 0. The molecule has 4 heteroatoms. The number of hydrogen-bond acceptors (Lipinski definition) is 2. The van der Waals surface area contributed by atoms with Crippen LogP contribution in [0.2, 0.25) is 0 Å². The maximum Gasteiger partial charge on any atom is 0.344 e. The third-order valence-corrected chi connectivity index (χ3v) is 12.7. The molecule has 0 aliphatic carbocycles. The van der Waals surface area contributed by atoms with Gasteiger partial charge in [-0.1, -0.05) is 146 Å². The Balaban J connectivity index is 1.11. The second-order valence-corrected chi connectivity index (χ2v) is 16.5. The lowest BCUT2D eigenvalue weighted by Gasteiger charge is -2.17. The molecule has 0 spiro atoms. The van der Waals surface area contributed by atoms with Gasteiger partial charge in [0, 0.05) is 30.8 Å². The van der Waals surface area contributed by atoms with Gasteiger partial charge in [-0.2, -0.15) is 0 Å². The highest BCUT2D eigenvalue weighted by Crippen LogP contribution is 2.42. The van der Waals surface area contributed by atoms with Crippen molar-refractivity contribution in [2.24, 2.45) is 0 Å². The molecular weight excluding hydrogens is 846 g/mol. The standard InChI is InChI=1S/C56H36INO2/c57-52-22-12-10-20-44(52)47-33-41(25-24-40(47)30-36-14-4-1-5-15-36)43-28-26-38(31-46(43)37-16-6-2-7-17-37)39-27-29-53-49(32-39)50-34-48-45-21-11-13-23-55(45)60-56(59)51(48)35-54(50)58(53)42-18-8-3-9-19-42/h1-29,31-35H,30H2. The molecule has 60 heavy (non-hydrogen) atoms. The molecule has 2 heterocycles. The first-order chi connectivity index (χ1) is 29.6. The van der Waals surface area contributed by atoms with Crippen molar-refractivity contribution in [2.45, 2.75) is 6.42 Å². The lowest BCUT2D eigenvalue weighted by molar-refractivity contribution is 0.570. The minimum absolute atomic E-state index is 0.332. The van der Waals surface area contributed by atoms with Crippen molar-refractivity contribution in [1.29, 1.82) is 0 Å². The number of para-hydroxylation sites is 2. The number of rotatable bonds is 7. The van der Waals surface area contributed by atoms with Crippen molar-refractivity contribution in [3.8, 4) is 50.2 Å². The minimum Gasteiger partial charge on any atom is -0.422 e. The van der Waals surface area contributed by atoms with Gasteiger partial charge in [0.15, 0.2) is 0 Å². The fraction of sp³-hybridized carbons (Fsp3) is 0.0179. The molecule has 0 saturated heterocycles. The van der Waals surface area contributed by atoms with Gasteiger partial charge >= 0.3 is 5.63 Å². The Morgan fingerprint density at radius 1 is 0.417 bits per heavy atom. The zero-order chi connectivity index (χ0) is 40.2. The van der Waals surface area contributed by atoms with E-state index in [1.807, 2.05) is 36.4 Å². The van der Waals surface area contributed by atoms with Gasteiger partial charge in [-0.15, -0.1) is 0 Å². The van der Waals surface area contributed by atoms with E-state index in [9.17, 15) is 4.79 Å². The van der Waals surface area contributed by atoms with Gasteiger partial charge in [0.05, 0.1) is 16.4 Å². The summed E-state index contributed by atoms with van der Waals surface area (Å²) in [5.74, 6) is 0. The summed E-state index contributed by atoms with van der Waals surface area (Å²) in [4.78, 5) is 13.4. The summed E-state index contributed by atoms with van der Waals surface area (Å²) in [6.45, 7) is 0. The van der Waals surface area contributed by atoms with Crippen LogP contribution < -0.4 is 5.63 Å². The predicted octanol–water partition coefficient (Wildman–Crippen LogP) is 14.9. The van der Waals surface area contributed by atoms with Crippen molar-refractivity contribution in [1.82, 2.24) is 4.57 Å². The van der Waals surface area contributed by atoms with E-state index in [-0.39, 0.29) is 5.63 Å². The number of aromatic nitrogens is 1. The summed E-state index contributed by atoms with van der Waals surface area (Å²) in [5.41, 5.74) is 15.4. The second-order valence-electron chi connectivity index (χ2n) is 15.3. The number of halogens is 1. The molecule has 0 aliphatic rings. The molecule has 0 unspecified atom stereocenters. The van der Waals surface area contributed by atoms with E-state index < -0.39 is 0 Å². The van der Waals surface area contributed by atoms with Crippen molar-refractivity contribution in [3.63, 3.8) is 0 Å². The fourth-order valence-corrected chi connectivity index (χ4v) is 9.58. The molecule has 0 saturated carbocycles. The molecule has 0 N–H and O–H groups in total. The van der Waals surface area contributed by atoms with Crippen LogP contribution in [0.4, 0.5) is 0 Å². The molecule has 0 radical (unpaired) electrons. The van der Waals surface area contributed by atoms with Gasteiger partial charge in [-0.25, -0.2) is 4.79 Å². The third-order valence-electron chi connectivity index (χ3n) is 11.8. The van der Waals surface area contributed by atoms with E-state index in [1.54, 1.807) is 0 Å². The molecule has 3 nitrogen and oxygen atoms in total. The quantitative estimate of drug-likeness (QED) is 0.0908. The molecule has 0 atom stereocenters. The lowest BCUT2D eigenvalue weighted by atomic mass is 9.87. The first-order valence-electron chi connectivity index (χ1n) is 20.2. The summed E-state index contributed by atoms with van der Waals surface area (Å²) >= 11 is 2.47. The van der Waals surface area contributed by atoms with Crippen LogP contribution in [0.1, 0.15) is 11.1 Å². The van der Waals surface area contributed by atoms with Crippen LogP contribution >= 0.6 is 22.6 Å². The smallest absolute Gasteiger partial charge is 0.344 e. The van der Waals surface area contributed by atoms with Crippen molar-refractivity contribution in [3.05, 3.63) is 231 Å². The Labute approximate surface area is 361 Å².